The van der Waals surface area contributed by atoms with E-state index in [1.54, 1.807) is 0 Å². The molecule has 1 heterocycles. The Bertz CT molecular complexity index is 490. The lowest BCUT2D eigenvalue weighted by Gasteiger charge is -2.42. The fourth-order valence-corrected chi connectivity index (χ4v) is 2.20. The summed E-state index contributed by atoms with van der Waals surface area (Å²) >= 11 is 0. The van der Waals surface area contributed by atoms with Crippen molar-refractivity contribution >= 4 is 23.9 Å². The van der Waals surface area contributed by atoms with Gasteiger partial charge in [0.2, 0.25) is 6.29 Å². The Morgan fingerprint density at radius 2 is 1.33 bits per heavy atom. The van der Waals surface area contributed by atoms with E-state index in [0.717, 1.165) is 20.8 Å². The average molecular weight is 347 g/mol. The third kappa shape index (κ3) is 5.78. The predicted octanol–water partition coefficient (Wildman–Crippen LogP) is -0.972. The van der Waals surface area contributed by atoms with E-state index in [-0.39, 0.29) is 6.61 Å². The van der Waals surface area contributed by atoms with Crippen LogP contribution >= 0.6 is 0 Å². The summed E-state index contributed by atoms with van der Waals surface area (Å²) in [6, 6.07) is -1.10. The van der Waals surface area contributed by atoms with E-state index in [1.807, 2.05) is 0 Å². The zero-order valence-electron chi connectivity index (χ0n) is 13.8. The van der Waals surface area contributed by atoms with E-state index in [1.165, 1.54) is 6.92 Å². The zero-order valence-corrected chi connectivity index (χ0v) is 13.8. The van der Waals surface area contributed by atoms with Gasteiger partial charge in [-0.3, -0.25) is 19.2 Å². The molecule has 0 spiro atoms. The number of rotatable bonds is 5. The minimum absolute atomic E-state index is 0.310. The van der Waals surface area contributed by atoms with Crippen molar-refractivity contribution < 1.29 is 42.9 Å². The van der Waals surface area contributed by atoms with Gasteiger partial charge in [-0.15, -0.1) is 0 Å². The third-order valence-electron chi connectivity index (χ3n) is 3.03. The van der Waals surface area contributed by atoms with Gasteiger partial charge in [0.05, 0.1) is 0 Å². The summed E-state index contributed by atoms with van der Waals surface area (Å²) in [5.74, 6) is -2.62. The van der Waals surface area contributed by atoms with E-state index in [4.69, 9.17) is 29.4 Å². The molecule has 1 fully saturated rings. The van der Waals surface area contributed by atoms with Gasteiger partial charge in [0.25, 0.3) is 0 Å². The Labute approximate surface area is 138 Å². The second kappa shape index (κ2) is 8.60. The topological polar surface area (TPSA) is 140 Å². The number of ether oxygens (including phenoxy) is 5. The third-order valence-corrected chi connectivity index (χ3v) is 3.03. The standard InChI is InChI=1S/C14H21NO9/c1-6(16)20-5-10-12(21-7(2)17)13(22-8(3)18)11(15)14(24-10)23-9(4)19/h10-14H,5,15H2,1-4H3/t10-,11+,12-,13+,14+/m1/s1. The van der Waals surface area contributed by atoms with Gasteiger partial charge in [-0.25, -0.2) is 0 Å². The predicted molar refractivity (Wildman–Crippen MR) is 76.1 cm³/mol. The van der Waals surface area contributed by atoms with Crippen LogP contribution in [0.25, 0.3) is 0 Å². The molecular weight excluding hydrogens is 326 g/mol. The minimum Gasteiger partial charge on any atom is -0.463 e. The summed E-state index contributed by atoms with van der Waals surface area (Å²) < 4.78 is 25.5. The summed E-state index contributed by atoms with van der Waals surface area (Å²) in [4.78, 5) is 44.9. The van der Waals surface area contributed by atoms with Crippen LogP contribution in [0.15, 0.2) is 0 Å². The van der Waals surface area contributed by atoms with Crippen molar-refractivity contribution in [1.29, 1.82) is 0 Å². The monoisotopic (exact) mass is 347 g/mol. The highest BCUT2D eigenvalue weighted by Gasteiger charge is 2.50. The molecule has 0 aromatic rings. The van der Waals surface area contributed by atoms with Gasteiger partial charge in [0, 0.05) is 27.7 Å². The number of carbonyl (C=O) groups excluding carboxylic acids is 4. The van der Waals surface area contributed by atoms with Crippen LogP contribution in [0, 0.1) is 0 Å². The summed E-state index contributed by atoms with van der Waals surface area (Å²) in [5, 5.41) is 0. The minimum atomic E-state index is -1.26. The Morgan fingerprint density at radius 1 is 0.833 bits per heavy atom. The van der Waals surface area contributed by atoms with Crippen LogP contribution in [0.5, 0.6) is 0 Å². The second-order valence-electron chi connectivity index (χ2n) is 5.18. The molecule has 1 rings (SSSR count). The number of hydrogen-bond acceptors (Lipinski definition) is 10. The molecule has 10 nitrogen and oxygen atoms in total. The Morgan fingerprint density at radius 3 is 1.79 bits per heavy atom. The van der Waals surface area contributed by atoms with Gasteiger partial charge < -0.3 is 29.4 Å². The molecule has 1 aliphatic rings. The van der Waals surface area contributed by atoms with Crippen molar-refractivity contribution in [3.8, 4) is 0 Å². The molecular formula is C14H21NO9. The van der Waals surface area contributed by atoms with Crippen LogP contribution in [0.4, 0.5) is 0 Å². The lowest BCUT2D eigenvalue weighted by Crippen LogP contribution is -2.65. The number of nitrogens with two attached hydrogens (primary N) is 1. The molecule has 2 N–H and O–H groups in total. The molecule has 0 bridgehead atoms. The zero-order chi connectivity index (χ0) is 18.4. The molecule has 1 aliphatic heterocycles. The van der Waals surface area contributed by atoms with Crippen molar-refractivity contribution in [2.24, 2.45) is 5.73 Å². The van der Waals surface area contributed by atoms with Crippen LogP contribution in [0.2, 0.25) is 0 Å². The van der Waals surface area contributed by atoms with Crippen LogP contribution in [-0.4, -0.2) is 61.1 Å². The first-order valence-electron chi connectivity index (χ1n) is 7.18. The SMILES string of the molecule is CC(=O)OC[C@H]1O[C@H](OC(C)=O)[C@@H](N)[C@H](OC(C)=O)[C@@H]1OC(C)=O. The second-order valence-corrected chi connectivity index (χ2v) is 5.18. The normalized spacial score (nSPS) is 29.3. The van der Waals surface area contributed by atoms with E-state index in [0.29, 0.717) is 0 Å². The van der Waals surface area contributed by atoms with Gasteiger partial charge >= 0.3 is 23.9 Å². The van der Waals surface area contributed by atoms with Crippen LogP contribution in [-0.2, 0) is 42.9 Å². The first-order chi connectivity index (χ1) is 11.1. The summed E-state index contributed by atoms with van der Waals surface area (Å²) in [6.45, 7) is 4.32. The molecule has 0 unspecified atom stereocenters. The van der Waals surface area contributed by atoms with Gasteiger partial charge in [-0.2, -0.15) is 0 Å². The fraction of sp³-hybridized carbons (Fsp3) is 0.714. The van der Waals surface area contributed by atoms with Crippen LogP contribution in [0.1, 0.15) is 27.7 Å². The van der Waals surface area contributed by atoms with Gasteiger partial charge in [-0.05, 0) is 0 Å². The number of carbonyl (C=O) groups is 4. The molecule has 10 heteroatoms. The van der Waals surface area contributed by atoms with Crippen LogP contribution < -0.4 is 5.73 Å². The van der Waals surface area contributed by atoms with E-state index < -0.39 is 54.5 Å². The molecule has 5 atom stereocenters. The highest BCUT2D eigenvalue weighted by molar-refractivity contribution is 5.68. The first kappa shape index (κ1) is 19.8. The maximum atomic E-state index is 11.3. The quantitative estimate of drug-likeness (QED) is 0.487. The molecule has 0 amide bonds. The lowest BCUT2D eigenvalue weighted by molar-refractivity contribution is -0.267. The van der Waals surface area contributed by atoms with E-state index >= 15 is 0 Å². The average Bonchev–Trinajstić information content (AvgIpc) is 2.42. The Kier molecular flexibility index (Phi) is 7.11. The lowest BCUT2D eigenvalue weighted by atomic mass is 9.97. The van der Waals surface area contributed by atoms with E-state index in [9.17, 15) is 19.2 Å². The number of esters is 4. The Balaban J connectivity index is 3.08. The molecule has 1 saturated heterocycles. The Hall–Kier alpha value is -2.20. The van der Waals surface area contributed by atoms with Gasteiger partial charge in [-0.1, -0.05) is 0 Å². The smallest absolute Gasteiger partial charge is 0.304 e. The first-order valence-corrected chi connectivity index (χ1v) is 7.18. The molecule has 0 radical (unpaired) electrons. The summed E-state index contributed by atoms with van der Waals surface area (Å²) in [6.07, 6.45) is -4.58. The highest BCUT2D eigenvalue weighted by Crippen LogP contribution is 2.26. The van der Waals surface area contributed by atoms with E-state index in [2.05, 4.69) is 0 Å². The van der Waals surface area contributed by atoms with Crippen molar-refractivity contribution in [3.63, 3.8) is 0 Å². The van der Waals surface area contributed by atoms with Crippen molar-refractivity contribution in [2.75, 3.05) is 6.61 Å². The summed E-state index contributed by atoms with van der Waals surface area (Å²) in [7, 11) is 0. The van der Waals surface area contributed by atoms with Crippen molar-refractivity contribution in [1.82, 2.24) is 0 Å². The molecule has 0 aliphatic carbocycles. The van der Waals surface area contributed by atoms with Gasteiger partial charge in [0.1, 0.15) is 18.8 Å². The van der Waals surface area contributed by atoms with Crippen LogP contribution in [0.3, 0.4) is 0 Å². The maximum Gasteiger partial charge on any atom is 0.304 e. The largest absolute Gasteiger partial charge is 0.463 e. The maximum absolute atomic E-state index is 11.3. The molecule has 0 aromatic carbocycles. The van der Waals surface area contributed by atoms with Crippen molar-refractivity contribution in [3.05, 3.63) is 0 Å². The van der Waals surface area contributed by atoms with Gasteiger partial charge in [0.15, 0.2) is 12.2 Å². The molecule has 0 saturated carbocycles. The fourth-order valence-electron chi connectivity index (χ4n) is 2.20. The number of hydrogen-bond donors (Lipinski definition) is 1. The molecule has 24 heavy (non-hydrogen) atoms. The molecule has 136 valence electrons. The summed E-state index contributed by atoms with van der Waals surface area (Å²) in [5.41, 5.74) is 5.93. The highest BCUT2D eigenvalue weighted by atomic mass is 16.7. The van der Waals surface area contributed by atoms with Crippen molar-refractivity contribution in [2.45, 2.75) is 58.3 Å². The molecule has 0 aromatic heterocycles.